The lowest BCUT2D eigenvalue weighted by Gasteiger charge is -2.13. The number of para-hydroxylation sites is 1. The van der Waals surface area contributed by atoms with E-state index < -0.39 is 0 Å². The van der Waals surface area contributed by atoms with Crippen molar-refractivity contribution in [3.63, 3.8) is 0 Å². The van der Waals surface area contributed by atoms with Gasteiger partial charge in [0.2, 0.25) is 5.91 Å². The Balaban J connectivity index is 1.71. The molecule has 1 heterocycles. The number of aryl methyl sites for hydroxylation is 1. The first-order chi connectivity index (χ1) is 13.5. The number of ether oxygens (including phenoxy) is 2. The number of nitrogens with zero attached hydrogens (tertiary/aromatic N) is 2. The van der Waals surface area contributed by atoms with Crippen LogP contribution in [-0.4, -0.2) is 35.4 Å². The van der Waals surface area contributed by atoms with E-state index in [9.17, 15) is 4.79 Å². The van der Waals surface area contributed by atoms with Crippen molar-refractivity contribution in [1.82, 2.24) is 9.55 Å². The summed E-state index contributed by atoms with van der Waals surface area (Å²) in [6.45, 7) is 2.04. The minimum absolute atomic E-state index is 0.190. The molecular weight excluding hydrogens is 398 g/mol. The number of carbonyl (C=O) groups excluding carboxylic acids is 1. The van der Waals surface area contributed by atoms with Gasteiger partial charge in [-0.05, 0) is 24.6 Å². The van der Waals surface area contributed by atoms with E-state index >= 15 is 0 Å². The molecule has 0 atom stereocenters. The predicted octanol–water partition coefficient (Wildman–Crippen LogP) is 4.58. The van der Waals surface area contributed by atoms with E-state index in [0.29, 0.717) is 22.2 Å². The fourth-order valence-electron chi connectivity index (χ4n) is 2.69. The lowest BCUT2D eigenvalue weighted by molar-refractivity contribution is -0.113. The van der Waals surface area contributed by atoms with E-state index in [1.165, 1.54) is 26.0 Å². The van der Waals surface area contributed by atoms with E-state index in [1.54, 1.807) is 18.3 Å². The van der Waals surface area contributed by atoms with Crippen LogP contribution in [0.2, 0.25) is 5.02 Å². The number of benzene rings is 2. The Labute approximate surface area is 172 Å². The van der Waals surface area contributed by atoms with Crippen molar-refractivity contribution < 1.29 is 14.3 Å². The number of thioether (sulfide) groups is 1. The van der Waals surface area contributed by atoms with Crippen molar-refractivity contribution in [2.45, 2.75) is 12.1 Å². The van der Waals surface area contributed by atoms with Gasteiger partial charge in [-0.3, -0.25) is 9.36 Å². The number of imidazole rings is 1. The zero-order valence-corrected chi connectivity index (χ0v) is 17.3. The Morgan fingerprint density at radius 3 is 2.68 bits per heavy atom. The average molecular weight is 418 g/mol. The highest BCUT2D eigenvalue weighted by molar-refractivity contribution is 7.99. The number of anilines is 1. The highest BCUT2D eigenvalue weighted by Crippen LogP contribution is 2.36. The maximum absolute atomic E-state index is 12.5. The topological polar surface area (TPSA) is 65.4 Å². The zero-order chi connectivity index (χ0) is 20.1. The minimum atomic E-state index is -0.191. The first kappa shape index (κ1) is 20.1. The summed E-state index contributed by atoms with van der Waals surface area (Å²) in [4.78, 5) is 16.8. The smallest absolute Gasteiger partial charge is 0.234 e. The summed E-state index contributed by atoms with van der Waals surface area (Å²) in [5.41, 5.74) is 2.65. The van der Waals surface area contributed by atoms with E-state index in [2.05, 4.69) is 10.3 Å². The van der Waals surface area contributed by atoms with Crippen LogP contribution in [0.3, 0.4) is 0 Å². The molecule has 28 heavy (non-hydrogen) atoms. The number of halogens is 1. The summed E-state index contributed by atoms with van der Waals surface area (Å²) in [7, 11) is 3.04. The van der Waals surface area contributed by atoms with Crippen LogP contribution in [0.4, 0.5) is 5.69 Å². The molecule has 1 N–H and O–H groups in total. The van der Waals surface area contributed by atoms with Crippen LogP contribution in [0.1, 0.15) is 5.56 Å². The average Bonchev–Trinajstić information content (AvgIpc) is 3.15. The summed E-state index contributed by atoms with van der Waals surface area (Å²) in [6.07, 6.45) is 3.60. The Kier molecular flexibility index (Phi) is 6.49. The zero-order valence-electron chi connectivity index (χ0n) is 15.7. The van der Waals surface area contributed by atoms with Crippen LogP contribution >= 0.6 is 23.4 Å². The molecule has 0 aliphatic carbocycles. The Hall–Kier alpha value is -2.64. The number of hydrogen-bond acceptors (Lipinski definition) is 5. The maximum atomic E-state index is 12.5. The standard InChI is InChI=1S/C20H20ClN3O3S/c1-13-6-4-5-7-16(13)24-9-8-22-20(24)28-12-19(25)23-15-10-14(21)17(26-2)11-18(15)27-3/h4-11H,12H2,1-3H3,(H,23,25). The van der Waals surface area contributed by atoms with Gasteiger partial charge in [0.05, 0.1) is 36.4 Å². The summed E-state index contributed by atoms with van der Waals surface area (Å²) in [5, 5.41) is 3.95. The van der Waals surface area contributed by atoms with Gasteiger partial charge >= 0.3 is 0 Å². The summed E-state index contributed by atoms with van der Waals surface area (Å²) >= 11 is 7.50. The molecule has 0 spiro atoms. The molecule has 0 saturated carbocycles. The second-order valence-corrected chi connectivity index (χ2v) is 7.24. The quantitative estimate of drug-likeness (QED) is 0.570. The third-order valence-electron chi connectivity index (χ3n) is 4.06. The van der Waals surface area contributed by atoms with Gasteiger partial charge in [-0.15, -0.1) is 0 Å². The summed E-state index contributed by atoms with van der Waals surface area (Å²) in [5.74, 6) is 0.950. The van der Waals surface area contributed by atoms with Crippen LogP contribution in [0, 0.1) is 6.92 Å². The molecule has 8 heteroatoms. The van der Waals surface area contributed by atoms with Gasteiger partial charge in [0.15, 0.2) is 5.16 Å². The maximum Gasteiger partial charge on any atom is 0.234 e. The van der Waals surface area contributed by atoms with Gasteiger partial charge in [0.25, 0.3) is 0 Å². The fourth-order valence-corrected chi connectivity index (χ4v) is 3.69. The molecule has 3 aromatic rings. The third-order valence-corrected chi connectivity index (χ3v) is 5.32. The van der Waals surface area contributed by atoms with Gasteiger partial charge in [-0.25, -0.2) is 4.98 Å². The fraction of sp³-hybridized carbons (Fsp3) is 0.200. The number of rotatable bonds is 7. The highest BCUT2D eigenvalue weighted by atomic mass is 35.5. The summed E-state index contributed by atoms with van der Waals surface area (Å²) in [6, 6.07) is 11.3. The second kappa shape index (κ2) is 9.03. The molecule has 3 rings (SSSR count). The second-order valence-electron chi connectivity index (χ2n) is 5.89. The monoisotopic (exact) mass is 417 g/mol. The molecule has 2 aromatic carbocycles. The van der Waals surface area contributed by atoms with Gasteiger partial charge in [0, 0.05) is 18.5 Å². The third kappa shape index (κ3) is 4.43. The van der Waals surface area contributed by atoms with Crippen LogP contribution in [-0.2, 0) is 4.79 Å². The van der Waals surface area contributed by atoms with Crippen molar-refractivity contribution in [3.8, 4) is 17.2 Å². The first-order valence-corrected chi connectivity index (χ1v) is 9.83. The normalized spacial score (nSPS) is 10.6. The molecule has 1 aromatic heterocycles. The Morgan fingerprint density at radius 1 is 1.21 bits per heavy atom. The largest absolute Gasteiger partial charge is 0.495 e. The van der Waals surface area contributed by atoms with Gasteiger partial charge in [-0.1, -0.05) is 41.6 Å². The molecule has 0 bridgehead atoms. The number of hydrogen-bond donors (Lipinski definition) is 1. The minimum Gasteiger partial charge on any atom is -0.495 e. The van der Waals surface area contributed by atoms with Gasteiger partial charge < -0.3 is 14.8 Å². The molecular formula is C20H20ClN3O3S. The van der Waals surface area contributed by atoms with Crippen molar-refractivity contribution in [3.05, 3.63) is 59.4 Å². The van der Waals surface area contributed by atoms with E-state index in [1.807, 2.05) is 42.0 Å². The molecule has 1 amide bonds. The molecule has 0 aliphatic rings. The number of carbonyl (C=O) groups is 1. The highest BCUT2D eigenvalue weighted by Gasteiger charge is 2.14. The van der Waals surface area contributed by atoms with Crippen LogP contribution in [0.25, 0.3) is 5.69 Å². The molecule has 146 valence electrons. The SMILES string of the molecule is COc1cc(OC)c(NC(=O)CSc2nccn2-c2ccccc2C)cc1Cl. The number of amides is 1. The van der Waals surface area contributed by atoms with E-state index in [-0.39, 0.29) is 11.7 Å². The first-order valence-electron chi connectivity index (χ1n) is 8.47. The van der Waals surface area contributed by atoms with Crippen molar-refractivity contribution in [1.29, 1.82) is 0 Å². The summed E-state index contributed by atoms with van der Waals surface area (Å²) < 4.78 is 12.4. The molecule has 0 fully saturated rings. The number of methoxy groups -OCH3 is 2. The Bertz CT molecular complexity index is 991. The predicted molar refractivity (Wildman–Crippen MR) is 112 cm³/mol. The van der Waals surface area contributed by atoms with Crippen molar-refractivity contribution in [2.24, 2.45) is 0 Å². The number of nitrogens with one attached hydrogen (secondary N) is 1. The Morgan fingerprint density at radius 2 is 1.96 bits per heavy atom. The van der Waals surface area contributed by atoms with Crippen LogP contribution < -0.4 is 14.8 Å². The van der Waals surface area contributed by atoms with Crippen LogP contribution in [0.15, 0.2) is 53.9 Å². The molecule has 0 aliphatic heterocycles. The molecule has 0 saturated heterocycles. The van der Waals surface area contributed by atoms with Gasteiger partial charge in [-0.2, -0.15) is 0 Å². The molecule has 6 nitrogen and oxygen atoms in total. The molecule has 0 radical (unpaired) electrons. The van der Waals surface area contributed by atoms with E-state index in [0.717, 1.165) is 16.4 Å². The van der Waals surface area contributed by atoms with E-state index in [4.69, 9.17) is 21.1 Å². The lowest BCUT2D eigenvalue weighted by Crippen LogP contribution is -2.15. The van der Waals surface area contributed by atoms with Crippen LogP contribution in [0.5, 0.6) is 11.5 Å². The lowest BCUT2D eigenvalue weighted by atomic mass is 10.2. The van der Waals surface area contributed by atoms with Crippen molar-refractivity contribution >= 4 is 35.0 Å². The molecule has 0 unspecified atom stereocenters. The van der Waals surface area contributed by atoms with Gasteiger partial charge in [0.1, 0.15) is 11.5 Å². The number of aromatic nitrogens is 2. The van der Waals surface area contributed by atoms with Crippen molar-refractivity contribution in [2.75, 3.05) is 25.3 Å².